The molecular weight excluding hydrogens is 232 g/mol. The highest BCUT2D eigenvalue weighted by atomic mass is 16.6. The van der Waals surface area contributed by atoms with E-state index >= 15 is 0 Å². The first-order valence-electron chi connectivity index (χ1n) is 6.61. The SMILES string of the molecule is C=C(C)C(=O)OC1(C2CCOC2=O)CCCCC1. The van der Waals surface area contributed by atoms with Gasteiger partial charge in [0, 0.05) is 5.57 Å². The lowest BCUT2D eigenvalue weighted by molar-refractivity contribution is -0.171. The van der Waals surface area contributed by atoms with Gasteiger partial charge < -0.3 is 9.47 Å². The van der Waals surface area contributed by atoms with Crippen LogP contribution in [-0.4, -0.2) is 24.1 Å². The molecule has 1 heterocycles. The van der Waals surface area contributed by atoms with Crippen LogP contribution in [0.5, 0.6) is 0 Å². The normalized spacial score (nSPS) is 26.5. The Morgan fingerprint density at radius 3 is 2.56 bits per heavy atom. The third kappa shape index (κ3) is 2.42. The number of hydrogen-bond donors (Lipinski definition) is 0. The van der Waals surface area contributed by atoms with Crippen molar-refractivity contribution in [3.05, 3.63) is 12.2 Å². The zero-order chi connectivity index (χ0) is 13.2. The quantitative estimate of drug-likeness (QED) is 0.571. The third-order valence-corrected chi connectivity index (χ3v) is 3.91. The van der Waals surface area contributed by atoms with Crippen molar-refractivity contribution in [3.63, 3.8) is 0 Å². The summed E-state index contributed by atoms with van der Waals surface area (Å²) in [4.78, 5) is 23.6. The summed E-state index contributed by atoms with van der Waals surface area (Å²) in [5, 5.41) is 0. The molecular formula is C14H20O4. The van der Waals surface area contributed by atoms with E-state index in [1.807, 2.05) is 0 Å². The molecule has 100 valence electrons. The molecule has 2 aliphatic rings. The molecule has 4 heteroatoms. The van der Waals surface area contributed by atoms with Crippen molar-refractivity contribution in [2.24, 2.45) is 5.92 Å². The molecule has 0 aromatic rings. The Bertz CT molecular complexity index is 366. The molecule has 1 aliphatic carbocycles. The van der Waals surface area contributed by atoms with Crippen LogP contribution >= 0.6 is 0 Å². The predicted molar refractivity (Wildman–Crippen MR) is 65.8 cm³/mol. The zero-order valence-corrected chi connectivity index (χ0v) is 10.9. The van der Waals surface area contributed by atoms with E-state index in [2.05, 4.69) is 6.58 Å². The van der Waals surface area contributed by atoms with Gasteiger partial charge in [-0.2, -0.15) is 0 Å². The van der Waals surface area contributed by atoms with Crippen LogP contribution in [0.3, 0.4) is 0 Å². The van der Waals surface area contributed by atoms with Crippen LogP contribution in [0.25, 0.3) is 0 Å². The molecule has 0 radical (unpaired) electrons. The molecule has 2 rings (SSSR count). The van der Waals surface area contributed by atoms with E-state index < -0.39 is 11.6 Å². The summed E-state index contributed by atoms with van der Waals surface area (Å²) in [6.07, 6.45) is 5.29. The molecule has 0 spiro atoms. The lowest BCUT2D eigenvalue weighted by atomic mass is 9.74. The minimum atomic E-state index is -0.651. The molecule has 0 aromatic carbocycles. The van der Waals surface area contributed by atoms with Crippen molar-refractivity contribution in [2.45, 2.75) is 51.0 Å². The summed E-state index contributed by atoms with van der Waals surface area (Å²) in [7, 11) is 0. The second-order valence-corrected chi connectivity index (χ2v) is 5.30. The lowest BCUT2D eigenvalue weighted by Crippen LogP contribution is -2.46. The van der Waals surface area contributed by atoms with Crippen LogP contribution in [0.15, 0.2) is 12.2 Å². The third-order valence-electron chi connectivity index (χ3n) is 3.91. The van der Waals surface area contributed by atoms with E-state index in [1.54, 1.807) is 6.92 Å². The summed E-state index contributed by atoms with van der Waals surface area (Å²) >= 11 is 0. The number of cyclic esters (lactones) is 1. The minimum Gasteiger partial charge on any atom is -0.465 e. The van der Waals surface area contributed by atoms with Gasteiger partial charge in [0.15, 0.2) is 0 Å². The summed E-state index contributed by atoms with van der Waals surface area (Å²) in [6.45, 7) is 5.68. The first-order valence-corrected chi connectivity index (χ1v) is 6.61. The standard InChI is InChI=1S/C14H20O4/c1-10(2)12(15)18-14(7-4-3-5-8-14)11-6-9-17-13(11)16/h11H,1,3-9H2,2H3. The molecule has 1 atom stereocenters. The van der Waals surface area contributed by atoms with E-state index in [0.29, 0.717) is 18.6 Å². The van der Waals surface area contributed by atoms with E-state index in [9.17, 15) is 9.59 Å². The number of hydrogen-bond acceptors (Lipinski definition) is 4. The molecule has 0 amide bonds. The minimum absolute atomic E-state index is 0.216. The molecule has 18 heavy (non-hydrogen) atoms. The monoisotopic (exact) mass is 252 g/mol. The number of carbonyl (C=O) groups is 2. The molecule has 1 saturated carbocycles. The zero-order valence-electron chi connectivity index (χ0n) is 10.9. The molecule has 4 nitrogen and oxygen atoms in total. The smallest absolute Gasteiger partial charge is 0.333 e. The van der Waals surface area contributed by atoms with Gasteiger partial charge in [0.2, 0.25) is 0 Å². The highest BCUT2D eigenvalue weighted by Crippen LogP contribution is 2.42. The van der Waals surface area contributed by atoms with Gasteiger partial charge in [-0.25, -0.2) is 4.79 Å². The maximum Gasteiger partial charge on any atom is 0.333 e. The van der Waals surface area contributed by atoms with Crippen LogP contribution in [0.2, 0.25) is 0 Å². The largest absolute Gasteiger partial charge is 0.465 e. The summed E-state index contributed by atoms with van der Waals surface area (Å²) in [5.41, 5.74) is -0.270. The van der Waals surface area contributed by atoms with Crippen molar-refractivity contribution in [1.82, 2.24) is 0 Å². The molecule has 2 fully saturated rings. The van der Waals surface area contributed by atoms with Gasteiger partial charge in [-0.05, 0) is 39.0 Å². The molecule has 1 aliphatic heterocycles. The average molecular weight is 252 g/mol. The fourth-order valence-corrected chi connectivity index (χ4v) is 2.92. The fourth-order valence-electron chi connectivity index (χ4n) is 2.92. The fraction of sp³-hybridized carbons (Fsp3) is 0.714. The first kappa shape index (κ1) is 13.1. The summed E-state index contributed by atoms with van der Waals surface area (Å²) < 4.78 is 10.7. The molecule has 0 aromatic heterocycles. The highest BCUT2D eigenvalue weighted by Gasteiger charge is 2.49. The van der Waals surface area contributed by atoms with Gasteiger partial charge in [0.1, 0.15) is 5.60 Å². The van der Waals surface area contributed by atoms with Gasteiger partial charge >= 0.3 is 11.9 Å². The first-order chi connectivity index (χ1) is 8.55. The van der Waals surface area contributed by atoms with Gasteiger partial charge in [-0.3, -0.25) is 4.79 Å². The Kier molecular flexibility index (Phi) is 3.73. The van der Waals surface area contributed by atoms with Gasteiger partial charge in [0.05, 0.1) is 12.5 Å². The van der Waals surface area contributed by atoms with Crippen molar-refractivity contribution in [2.75, 3.05) is 6.61 Å². The average Bonchev–Trinajstić information content (AvgIpc) is 2.77. The van der Waals surface area contributed by atoms with Crippen molar-refractivity contribution >= 4 is 11.9 Å². The Morgan fingerprint density at radius 1 is 1.39 bits per heavy atom. The summed E-state index contributed by atoms with van der Waals surface area (Å²) in [5.74, 6) is -0.899. The maximum absolute atomic E-state index is 11.8. The topological polar surface area (TPSA) is 52.6 Å². The van der Waals surface area contributed by atoms with Gasteiger partial charge in [0.25, 0.3) is 0 Å². The predicted octanol–water partition coefficient (Wildman–Crippen LogP) is 2.37. The Labute approximate surface area is 107 Å². The van der Waals surface area contributed by atoms with Gasteiger partial charge in [-0.1, -0.05) is 13.0 Å². The van der Waals surface area contributed by atoms with Crippen molar-refractivity contribution in [3.8, 4) is 0 Å². The van der Waals surface area contributed by atoms with Crippen LogP contribution in [0.4, 0.5) is 0 Å². The van der Waals surface area contributed by atoms with Crippen LogP contribution in [0.1, 0.15) is 45.4 Å². The van der Waals surface area contributed by atoms with Crippen molar-refractivity contribution in [1.29, 1.82) is 0 Å². The maximum atomic E-state index is 11.8. The number of carbonyl (C=O) groups excluding carboxylic acids is 2. The van der Waals surface area contributed by atoms with Gasteiger partial charge in [-0.15, -0.1) is 0 Å². The van der Waals surface area contributed by atoms with Crippen LogP contribution in [-0.2, 0) is 19.1 Å². The summed E-state index contributed by atoms with van der Waals surface area (Å²) in [6, 6.07) is 0. The molecule has 1 saturated heterocycles. The van der Waals surface area contributed by atoms with Crippen molar-refractivity contribution < 1.29 is 19.1 Å². The number of rotatable bonds is 3. The van der Waals surface area contributed by atoms with E-state index in [-0.39, 0.29) is 11.9 Å². The molecule has 1 unspecified atom stereocenters. The highest BCUT2D eigenvalue weighted by molar-refractivity contribution is 5.88. The second kappa shape index (κ2) is 5.12. The Hall–Kier alpha value is -1.32. The van der Waals surface area contributed by atoms with Crippen LogP contribution < -0.4 is 0 Å². The van der Waals surface area contributed by atoms with Crippen LogP contribution in [0, 0.1) is 5.92 Å². The lowest BCUT2D eigenvalue weighted by Gasteiger charge is -2.39. The Morgan fingerprint density at radius 2 is 2.06 bits per heavy atom. The van der Waals surface area contributed by atoms with E-state index in [4.69, 9.17) is 9.47 Å². The second-order valence-electron chi connectivity index (χ2n) is 5.30. The van der Waals surface area contributed by atoms with E-state index in [1.165, 1.54) is 0 Å². The number of esters is 2. The molecule has 0 N–H and O–H groups in total. The number of ether oxygens (including phenoxy) is 2. The Balaban J connectivity index is 2.19. The van der Waals surface area contributed by atoms with E-state index in [0.717, 1.165) is 32.1 Å². The molecule has 0 bridgehead atoms.